The largest absolute Gasteiger partial charge is 0.374 e. The first-order chi connectivity index (χ1) is 10.7. The van der Waals surface area contributed by atoms with Gasteiger partial charge in [0.2, 0.25) is 0 Å². The van der Waals surface area contributed by atoms with Crippen LogP contribution in [0.25, 0.3) is 0 Å². The molecule has 116 valence electrons. The number of nitrogens with one attached hydrogen (secondary N) is 1. The van der Waals surface area contributed by atoms with E-state index in [4.69, 9.17) is 4.74 Å². The Bertz CT molecular complexity index is 595. The van der Waals surface area contributed by atoms with Crippen molar-refractivity contribution in [2.75, 3.05) is 13.2 Å². The van der Waals surface area contributed by atoms with Gasteiger partial charge >= 0.3 is 0 Å². The zero-order valence-electron chi connectivity index (χ0n) is 13.2. The molecule has 2 rings (SSSR count). The third kappa shape index (κ3) is 4.71. The second-order valence-electron chi connectivity index (χ2n) is 5.35. The van der Waals surface area contributed by atoms with Crippen LogP contribution < -0.4 is 5.32 Å². The molecule has 0 fully saturated rings. The second kappa shape index (κ2) is 8.35. The summed E-state index contributed by atoms with van der Waals surface area (Å²) in [5.41, 5.74) is 2.90. The SMILES string of the molecule is Cc1ccccc1C(=O)NCCCOC(C)c1ccccc1. The lowest BCUT2D eigenvalue weighted by Crippen LogP contribution is -2.26. The van der Waals surface area contributed by atoms with E-state index in [0.717, 1.165) is 17.5 Å². The first-order valence-corrected chi connectivity index (χ1v) is 7.69. The van der Waals surface area contributed by atoms with E-state index < -0.39 is 0 Å². The van der Waals surface area contributed by atoms with Gasteiger partial charge in [0.05, 0.1) is 6.10 Å². The summed E-state index contributed by atoms with van der Waals surface area (Å²) in [6, 6.07) is 17.7. The van der Waals surface area contributed by atoms with Crippen LogP contribution in [0.2, 0.25) is 0 Å². The molecule has 0 bridgehead atoms. The van der Waals surface area contributed by atoms with E-state index in [2.05, 4.69) is 17.4 Å². The molecule has 0 spiro atoms. The van der Waals surface area contributed by atoms with Crippen molar-refractivity contribution in [3.63, 3.8) is 0 Å². The Morgan fingerprint density at radius 3 is 2.50 bits per heavy atom. The molecule has 3 heteroatoms. The average molecular weight is 297 g/mol. The molecule has 2 aromatic carbocycles. The van der Waals surface area contributed by atoms with Crippen LogP contribution in [-0.2, 0) is 4.74 Å². The van der Waals surface area contributed by atoms with Gasteiger partial charge in [-0.05, 0) is 37.5 Å². The van der Waals surface area contributed by atoms with Gasteiger partial charge in [-0.25, -0.2) is 0 Å². The number of aryl methyl sites for hydroxylation is 1. The summed E-state index contributed by atoms with van der Waals surface area (Å²) < 4.78 is 5.79. The van der Waals surface area contributed by atoms with Crippen LogP contribution in [0.3, 0.4) is 0 Å². The Balaban J connectivity index is 1.67. The monoisotopic (exact) mass is 297 g/mol. The van der Waals surface area contributed by atoms with Gasteiger partial charge in [0.25, 0.3) is 5.91 Å². The number of carbonyl (C=O) groups excluding carboxylic acids is 1. The highest BCUT2D eigenvalue weighted by molar-refractivity contribution is 5.95. The molecule has 2 aromatic rings. The van der Waals surface area contributed by atoms with Gasteiger partial charge < -0.3 is 10.1 Å². The summed E-state index contributed by atoms with van der Waals surface area (Å²) in [5.74, 6) is -0.0193. The van der Waals surface area contributed by atoms with Gasteiger partial charge in [0.1, 0.15) is 0 Å². The molecule has 0 radical (unpaired) electrons. The Labute approximate surface area is 132 Å². The maximum absolute atomic E-state index is 12.0. The van der Waals surface area contributed by atoms with Crippen LogP contribution in [0.5, 0.6) is 0 Å². The fourth-order valence-electron chi connectivity index (χ4n) is 2.28. The minimum atomic E-state index is -0.0193. The van der Waals surface area contributed by atoms with Crippen LogP contribution in [0.1, 0.15) is 40.9 Å². The molecule has 0 saturated carbocycles. The fraction of sp³-hybridized carbons (Fsp3) is 0.316. The Morgan fingerprint density at radius 1 is 1.09 bits per heavy atom. The van der Waals surface area contributed by atoms with Crippen LogP contribution in [0.4, 0.5) is 0 Å². The van der Waals surface area contributed by atoms with Crippen LogP contribution in [0.15, 0.2) is 54.6 Å². The van der Waals surface area contributed by atoms with Crippen LogP contribution in [0, 0.1) is 6.92 Å². The fourth-order valence-corrected chi connectivity index (χ4v) is 2.28. The van der Waals surface area contributed by atoms with Gasteiger partial charge in [-0.15, -0.1) is 0 Å². The van der Waals surface area contributed by atoms with Crippen LogP contribution in [-0.4, -0.2) is 19.1 Å². The van der Waals surface area contributed by atoms with Crippen molar-refractivity contribution in [1.29, 1.82) is 0 Å². The van der Waals surface area contributed by atoms with Crippen molar-refractivity contribution in [2.24, 2.45) is 0 Å². The molecule has 1 atom stereocenters. The minimum absolute atomic E-state index is 0.0193. The van der Waals surface area contributed by atoms with Crippen molar-refractivity contribution < 1.29 is 9.53 Å². The Kier molecular flexibility index (Phi) is 6.16. The molecule has 22 heavy (non-hydrogen) atoms. The maximum Gasteiger partial charge on any atom is 0.251 e. The maximum atomic E-state index is 12.0. The van der Waals surface area contributed by atoms with Crippen molar-refractivity contribution in [1.82, 2.24) is 5.32 Å². The molecule has 0 aromatic heterocycles. The van der Waals surface area contributed by atoms with Crippen molar-refractivity contribution >= 4 is 5.91 Å². The lowest BCUT2D eigenvalue weighted by molar-refractivity contribution is 0.0635. The normalized spacial score (nSPS) is 11.9. The van der Waals surface area contributed by atoms with Gasteiger partial charge in [0, 0.05) is 18.7 Å². The highest BCUT2D eigenvalue weighted by Gasteiger charge is 2.07. The van der Waals surface area contributed by atoms with Crippen molar-refractivity contribution in [3.05, 3.63) is 71.3 Å². The Hall–Kier alpha value is -2.13. The molecule has 0 saturated heterocycles. The second-order valence-corrected chi connectivity index (χ2v) is 5.35. The number of carbonyl (C=O) groups is 1. The van der Waals surface area contributed by atoms with Crippen molar-refractivity contribution in [2.45, 2.75) is 26.4 Å². The number of benzene rings is 2. The summed E-state index contributed by atoms with van der Waals surface area (Å²) >= 11 is 0. The van der Waals surface area contributed by atoms with E-state index in [1.54, 1.807) is 0 Å². The van der Waals surface area contributed by atoms with E-state index in [1.807, 2.05) is 56.3 Å². The summed E-state index contributed by atoms with van der Waals surface area (Å²) in [4.78, 5) is 12.0. The lowest BCUT2D eigenvalue weighted by Gasteiger charge is -2.13. The van der Waals surface area contributed by atoms with E-state index in [0.29, 0.717) is 13.2 Å². The number of ether oxygens (including phenoxy) is 1. The highest BCUT2D eigenvalue weighted by Crippen LogP contribution is 2.15. The van der Waals surface area contributed by atoms with E-state index in [1.165, 1.54) is 5.56 Å². The summed E-state index contributed by atoms with van der Waals surface area (Å²) in [5, 5.41) is 2.93. The molecule has 0 aliphatic heterocycles. The standard InChI is InChI=1S/C19H23NO2/c1-15-9-6-7-12-18(15)19(21)20-13-8-14-22-16(2)17-10-4-3-5-11-17/h3-7,9-12,16H,8,13-14H2,1-2H3,(H,20,21). The zero-order valence-corrected chi connectivity index (χ0v) is 13.2. The zero-order chi connectivity index (χ0) is 15.8. The van der Waals surface area contributed by atoms with Gasteiger partial charge in [-0.3, -0.25) is 4.79 Å². The number of hydrogen-bond acceptors (Lipinski definition) is 2. The smallest absolute Gasteiger partial charge is 0.251 e. The summed E-state index contributed by atoms with van der Waals surface area (Å²) in [6.45, 7) is 5.24. The molecule has 1 unspecified atom stereocenters. The molecule has 1 amide bonds. The molecular formula is C19H23NO2. The van der Waals surface area contributed by atoms with E-state index in [9.17, 15) is 4.79 Å². The van der Waals surface area contributed by atoms with Crippen molar-refractivity contribution in [3.8, 4) is 0 Å². The van der Waals surface area contributed by atoms with Gasteiger partial charge in [-0.2, -0.15) is 0 Å². The van der Waals surface area contributed by atoms with Gasteiger partial charge in [-0.1, -0.05) is 48.5 Å². The number of hydrogen-bond donors (Lipinski definition) is 1. The summed E-state index contributed by atoms with van der Waals surface area (Å²) in [7, 11) is 0. The predicted molar refractivity (Wildman–Crippen MR) is 88.9 cm³/mol. The van der Waals surface area contributed by atoms with E-state index >= 15 is 0 Å². The third-order valence-electron chi connectivity index (χ3n) is 3.63. The molecule has 0 aliphatic carbocycles. The average Bonchev–Trinajstić information content (AvgIpc) is 2.55. The first kappa shape index (κ1) is 16.2. The number of rotatable bonds is 7. The number of amides is 1. The van der Waals surface area contributed by atoms with Gasteiger partial charge in [0.15, 0.2) is 0 Å². The van der Waals surface area contributed by atoms with Crippen LogP contribution >= 0.6 is 0 Å². The van der Waals surface area contributed by atoms with E-state index in [-0.39, 0.29) is 12.0 Å². The highest BCUT2D eigenvalue weighted by atomic mass is 16.5. The molecule has 1 N–H and O–H groups in total. The summed E-state index contributed by atoms with van der Waals surface area (Å²) in [6.07, 6.45) is 0.877. The quantitative estimate of drug-likeness (QED) is 0.787. The minimum Gasteiger partial charge on any atom is -0.374 e. The molecule has 3 nitrogen and oxygen atoms in total. The predicted octanol–water partition coefficient (Wildman–Crippen LogP) is 3.89. The third-order valence-corrected chi connectivity index (χ3v) is 3.63. The topological polar surface area (TPSA) is 38.3 Å². The Morgan fingerprint density at radius 2 is 1.77 bits per heavy atom. The first-order valence-electron chi connectivity index (χ1n) is 7.69. The molecular weight excluding hydrogens is 274 g/mol. The molecule has 0 aliphatic rings. The lowest BCUT2D eigenvalue weighted by atomic mass is 10.1. The molecule has 0 heterocycles.